The average molecular weight is 367 g/mol. The molecular formula is C19H21N5OS. The number of benzene rings is 2. The molecule has 1 heterocycles. The zero-order chi connectivity index (χ0) is 18.5. The molecule has 6 nitrogen and oxygen atoms in total. The van der Waals surface area contributed by atoms with Crippen LogP contribution in [0.5, 0.6) is 0 Å². The van der Waals surface area contributed by atoms with Crippen molar-refractivity contribution < 1.29 is 4.79 Å². The van der Waals surface area contributed by atoms with Gasteiger partial charge in [-0.3, -0.25) is 4.79 Å². The normalized spacial score (nSPS) is 11.9. The fraction of sp³-hybridized carbons (Fsp3) is 0.211. The maximum atomic E-state index is 12.2. The van der Waals surface area contributed by atoms with E-state index in [0.717, 1.165) is 16.7 Å². The van der Waals surface area contributed by atoms with Crippen LogP contribution in [0, 0.1) is 6.92 Å². The van der Waals surface area contributed by atoms with E-state index in [9.17, 15) is 4.79 Å². The van der Waals surface area contributed by atoms with Crippen LogP contribution in [-0.4, -0.2) is 26.5 Å². The van der Waals surface area contributed by atoms with Gasteiger partial charge in [0.05, 0.1) is 11.8 Å². The number of nitrogens with zero attached hydrogens (tertiary/aromatic N) is 3. The maximum absolute atomic E-state index is 12.2. The fourth-order valence-electron chi connectivity index (χ4n) is 2.51. The smallest absolute Gasteiger partial charge is 0.230 e. The number of rotatable bonds is 6. The summed E-state index contributed by atoms with van der Waals surface area (Å²) in [5.74, 6) is 6.81. The van der Waals surface area contributed by atoms with Gasteiger partial charge in [0.25, 0.3) is 0 Å². The number of nitrogens with two attached hydrogens (primary N) is 1. The van der Waals surface area contributed by atoms with Crippen molar-refractivity contribution in [2.24, 2.45) is 0 Å². The monoisotopic (exact) mass is 367 g/mol. The number of nitrogens with one attached hydrogen (secondary N) is 1. The van der Waals surface area contributed by atoms with Crippen LogP contribution >= 0.6 is 11.8 Å². The molecule has 26 heavy (non-hydrogen) atoms. The Morgan fingerprint density at radius 3 is 2.54 bits per heavy atom. The Labute approximate surface area is 156 Å². The minimum absolute atomic E-state index is 0.0526. The number of aryl methyl sites for hydroxylation is 1. The van der Waals surface area contributed by atoms with Crippen molar-refractivity contribution in [2.75, 3.05) is 11.6 Å². The molecule has 0 aliphatic rings. The lowest BCUT2D eigenvalue weighted by atomic mass is 10.1. The van der Waals surface area contributed by atoms with Crippen LogP contribution in [0.4, 0.5) is 0 Å². The molecule has 134 valence electrons. The summed E-state index contributed by atoms with van der Waals surface area (Å²) in [6, 6.07) is 17.7. The van der Waals surface area contributed by atoms with Crippen molar-refractivity contribution >= 4 is 17.7 Å². The highest BCUT2D eigenvalue weighted by Gasteiger charge is 2.15. The zero-order valence-electron chi connectivity index (χ0n) is 14.7. The number of amides is 1. The van der Waals surface area contributed by atoms with Crippen molar-refractivity contribution in [1.82, 2.24) is 20.2 Å². The SMILES string of the molecule is Cc1ccc(-c2nnc(SCC(=O)N[C@@H](C)c3ccccc3)n2N)cc1. The van der Waals surface area contributed by atoms with Crippen molar-refractivity contribution in [3.05, 3.63) is 65.7 Å². The van der Waals surface area contributed by atoms with Crippen molar-refractivity contribution in [2.45, 2.75) is 25.0 Å². The van der Waals surface area contributed by atoms with Crippen LogP contribution in [0.1, 0.15) is 24.1 Å². The Balaban J connectivity index is 1.60. The van der Waals surface area contributed by atoms with Crippen molar-refractivity contribution in [3.63, 3.8) is 0 Å². The van der Waals surface area contributed by atoms with Gasteiger partial charge >= 0.3 is 0 Å². The number of hydrogen-bond donors (Lipinski definition) is 2. The molecule has 3 rings (SSSR count). The molecule has 7 heteroatoms. The van der Waals surface area contributed by atoms with Gasteiger partial charge in [-0.15, -0.1) is 10.2 Å². The predicted molar refractivity (Wildman–Crippen MR) is 104 cm³/mol. The maximum Gasteiger partial charge on any atom is 0.230 e. The van der Waals surface area contributed by atoms with Gasteiger partial charge in [-0.1, -0.05) is 71.9 Å². The molecule has 0 radical (unpaired) electrons. The molecule has 0 bridgehead atoms. The predicted octanol–water partition coefficient (Wildman–Crippen LogP) is 2.94. The molecule has 1 aromatic heterocycles. The third kappa shape index (κ3) is 4.23. The van der Waals surface area contributed by atoms with Gasteiger partial charge in [-0.2, -0.15) is 0 Å². The molecule has 2 aromatic carbocycles. The van der Waals surface area contributed by atoms with Gasteiger partial charge < -0.3 is 11.2 Å². The highest BCUT2D eigenvalue weighted by Crippen LogP contribution is 2.22. The van der Waals surface area contributed by atoms with Gasteiger partial charge in [0.2, 0.25) is 11.1 Å². The van der Waals surface area contributed by atoms with Gasteiger partial charge in [0.15, 0.2) is 5.82 Å². The highest BCUT2D eigenvalue weighted by molar-refractivity contribution is 7.99. The average Bonchev–Trinajstić information content (AvgIpc) is 3.02. The molecule has 0 aliphatic carbocycles. The second-order valence-corrected chi connectivity index (χ2v) is 6.97. The first-order valence-corrected chi connectivity index (χ1v) is 9.28. The number of carbonyl (C=O) groups excluding carboxylic acids is 1. The van der Waals surface area contributed by atoms with Crippen LogP contribution in [0.2, 0.25) is 0 Å². The second-order valence-electron chi connectivity index (χ2n) is 6.03. The summed E-state index contributed by atoms with van der Waals surface area (Å²) in [6.45, 7) is 3.98. The second kappa shape index (κ2) is 8.05. The lowest BCUT2D eigenvalue weighted by Gasteiger charge is -2.13. The molecular weight excluding hydrogens is 346 g/mol. The molecule has 3 N–H and O–H groups in total. The highest BCUT2D eigenvalue weighted by atomic mass is 32.2. The van der Waals surface area contributed by atoms with Gasteiger partial charge in [-0.25, -0.2) is 4.68 Å². The van der Waals surface area contributed by atoms with E-state index < -0.39 is 0 Å². The molecule has 0 unspecified atom stereocenters. The standard InChI is InChI=1S/C19H21N5OS/c1-13-8-10-16(11-9-13)18-22-23-19(24(18)20)26-12-17(25)21-14(2)15-6-4-3-5-7-15/h3-11,14H,12,20H2,1-2H3,(H,21,25)/t14-/m0/s1. The molecule has 3 aromatic rings. The summed E-state index contributed by atoms with van der Waals surface area (Å²) in [4.78, 5) is 12.2. The van der Waals surface area contributed by atoms with E-state index in [4.69, 9.17) is 5.84 Å². The van der Waals surface area contributed by atoms with Crippen molar-refractivity contribution in [1.29, 1.82) is 0 Å². The molecule has 0 saturated heterocycles. The Bertz CT molecular complexity index is 877. The number of hydrogen-bond acceptors (Lipinski definition) is 5. The Morgan fingerprint density at radius 1 is 1.15 bits per heavy atom. The van der Waals surface area contributed by atoms with Crippen LogP contribution in [0.3, 0.4) is 0 Å². The Hall–Kier alpha value is -2.80. The molecule has 0 saturated carbocycles. The van der Waals surface area contributed by atoms with Crippen LogP contribution in [-0.2, 0) is 4.79 Å². The first kappa shape index (κ1) is 18.0. The molecule has 1 amide bonds. The number of nitrogen functional groups attached to an aromatic ring is 1. The summed E-state index contributed by atoms with van der Waals surface area (Å²) in [5.41, 5.74) is 3.12. The minimum Gasteiger partial charge on any atom is -0.349 e. The van der Waals surface area contributed by atoms with Gasteiger partial charge in [-0.05, 0) is 19.4 Å². The van der Waals surface area contributed by atoms with E-state index in [2.05, 4.69) is 15.5 Å². The van der Waals surface area contributed by atoms with E-state index in [0.29, 0.717) is 11.0 Å². The summed E-state index contributed by atoms with van der Waals surface area (Å²) >= 11 is 1.26. The molecule has 1 atom stereocenters. The van der Waals surface area contributed by atoms with Crippen LogP contribution < -0.4 is 11.2 Å². The fourth-order valence-corrected chi connectivity index (χ4v) is 3.18. The van der Waals surface area contributed by atoms with Crippen molar-refractivity contribution in [3.8, 4) is 11.4 Å². The van der Waals surface area contributed by atoms with E-state index in [1.807, 2.05) is 68.4 Å². The minimum atomic E-state index is -0.0776. The topological polar surface area (TPSA) is 85.8 Å². The molecule has 0 fully saturated rings. The van der Waals surface area contributed by atoms with E-state index in [1.165, 1.54) is 16.4 Å². The van der Waals surface area contributed by atoms with Gasteiger partial charge in [0.1, 0.15) is 0 Å². The Morgan fingerprint density at radius 2 is 1.85 bits per heavy atom. The Kier molecular flexibility index (Phi) is 5.58. The first-order chi connectivity index (χ1) is 12.5. The third-order valence-electron chi connectivity index (χ3n) is 3.98. The number of thioether (sulfide) groups is 1. The van der Waals surface area contributed by atoms with Crippen LogP contribution in [0.15, 0.2) is 59.8 Å². The van der Waals surface area contributed by atoms with E-state index >= 15 is 0 Å². The zero-order valence-corrected chi connectivity index (χ0v) is 15.5. The first-order valence-electron chi connectivity index (χ1n) is 8.29. The largest absolute Gasteiger partial charge is 0.349 e. The summed E-state index contributed by atoms with van der Waals surface area (Å²) in [5, 5.41) is 11.7. The van der Waals surface area contributed by atoms with Crippen LogP contribution in [0.25, 0.3) is 11.4 Å². The van der Waals surface area contributed by atoms with Gasteiger partial charge in [0, 0.05) is 5.56 Å². The molecule has 0 spiro atoms. The van der Waals surface area contributed by atoms with E-state index in [1.54, 1.807) is 0 Å². The lowest BCUT2D eigenvalue weighted by Crippen LogP contribution is -2.28. The van der Waals surface area contributed by atoms with E-state index in [-0.39, 0.29) is 17.7 Å². The summed E-state index contributed by atoms with van der Waals surface area (Å²) < 4.78 is 1.42. The molecule has 0 aliphatic heterocycles. The lowest BCUT2D eigenvalue weighted by molar-refractivity contribution is -0.119. The third-order valence-corrected chi connectivity index (χ3v) is 4.93. The quantitative estimate of drug-likeness (QED) is 0.517. The number of carbonyl (C=O) groups is 1. The summed E-state index contributed by atoms with van der Waals surface area (Å²) in [6.07, 6.45) is 0. The summed E-state index contributed by atoms with van der Waals surface area (Å²) in [7, 11) is 0. The number of aromatic nitrogens is 3.